The van der Waals surface area contributed by atoms with Crippen LogP contribution in [0, 0.1) is 6.92 Å². The Kier molecular flexibility index (Phi) is 6.96. The van der Waals surface area contributed by atoms with E-state index in [2.05, 4.69) is 5.32 Å². The second kappa shape index (κ2) is 9.46. The molecule has 0 aliphatic carbocycles. The molecule has 30 heavy (non-hydrogen) atoms. The predicted molar refractivity (Wildman–Crippen MR) is 113 cm³/mol. The molecule has 0 bridgehead atoms. The summed E-state index contributed by atoms with van der Waals surface area (Å²) in [7, 11) is -0.561. The number of nitrogens with zero attached hydrogens (tertiary/aromatic N) is 1. The van der Waals surface area contributed by atoms with Gasteiger partial charge < -0.3 is 19.5 Å². The number of rotatable bonds is 7. The highest BCUT2D eigenvalue weighted by Gasteiger charge is 2.27. The average molecular weight is 435 g/mol. The average Bonchev–Trinajstić information content (AvgIpc) is 2.75. The minimum atomic E-state index is -3.64. The van der Waals surface area contributed by atoms with E-state index in [4.69, 9.17) is 14.2 Å². The molecule has 8 nitrogen and oxygen atoms in total. The maximum atomic E-state index is 12.9. The number of amides is 1. The molecule has 1 heterocycles. The highest BCUT2D eigenvalue weighted by molar-refractivity contribution is 7.89. The van der Waals surface area contributed by atoms with Gasteiger partial charge in [0.2, 0.25) is 15.9 Å². The molecule has 1 aliphatic heterocycles. The van der Waals surface area contributed by atoms with Crippen LogP contribution >= 0.6 is 0 Å². The van der Waals surface area contributed by atoms with E-state index in [0.29, 0.717) is 43.5 Å². The van der Waals surface area contributed by atoms with Gasteiger partial charge in [-0.25, -0.2) is 8.42 Å². The Morgan fingerprint density at radius 3 is 2.43 bits per heavy atom. The molecule has 162 valence electrons. The van der Waals surface area contributed by atoms with Crippen LogP contribution in [0.4, 0.5) is 5.69 Å². The molecule has 0 unspecified atom stereocenters. The number of carbonyl (C=O) groups is 1. The monoisotopic (exact) mass is 434 g/mol. The molecule has 1 aliphatic rings. The van der Waals surface area contributed by atoms with E-state index in [1.54, 1.807) is 37.4 Å². The second-order valence-electron chi connectivity index (χ2n) is 6.91. The first-order valence-electron chi connectivity index (χ1n) is 9.54. The SMILES string of the molecule is COc1ccc(CC(=O)Nc2cc(S(=O)(=O)N3CCOCC3)ccc2C)cc1OC. The van der Waals surface area contributed by atoms with Crippen LogP contribution in [0.2, 0.25) is 0 Å². The molecule has 1 N–H and O–H groups in total. The maximum Gasteiger partial charge on any atom is 0.243 e. The van der Waals surface area contributed by atoms with Crippen LogP contribution in [0.1, 0.15) is 11.1 Å². The van der Waals surface area contributed by atoms with Crippen molar-refractivity contribution in [1.29, 1.82) is 0 Å². The second-order valence-corrected chi connectivity index (χ2v) is 8.85. The zero-order valence-corrected chi connectivity index (χ0v) is 18.1. The van der Waals surface area contributed by atoms with Crippen molar-refractivity contribution in [1.82, 2.24) is 4.31 Å². The molecule has 0 spiro atoms. The fourth-order valence-corrected chi connectivity index (χ4v) is 4.64. The summed E-state index contributed by atoms with van der Waals surface area (Å²) in [6, 6.07) is 10.0. The molecule has 1 saturated heterocycles. The molecular formula is C21H26N2O6S. The van der Waals surface area contributed by atoms with Crippen molar-refractivity contribution in [3.05, 3.63) is 47.5 Å². The molecule has 1 amide bonds. The Morgan fingerprint density at radius 1 is 1.07 bits per heavy atom. The number of sulfonamides is 1. The molecule has 9 heteroatoms. The molecule has 0 aromatic heterocycles. The van der Waals surface area contributed by atoms with Crippen molar-refractivity contribution in [2.45, 2.75) is 18.2 Å². The Hall–Kier alpha value is -2.62. The van der Waals surface area contributed by atoms with Crippen molar-refractivity contribution in [3.63, 3.8) is 0 Å². The summed E-state index contributed by atoms with van der Waals surface area (Å²) in [5.74, 6) is 0.863. The standard InChI is InChI=1S/C21H26N2O6S/c1-15-4-6-17(30(25,26)23-8-10-29-11-9-23)14-18(15)22-21(24)13-16-5-7-19(27-2)20(12-16)28-3/h4-7,12,14H,8-11,13H2,1-3H3,(H,22,24). The van der Waals surface area contributed by atoms with E-state index in [-0.39, 0.29) is 17.2 Å². The van der Waals surface area contributed by atoms with E-state index in [0.717, 1.165) is 11.1 Å². The fourth-order valence-electron chi connectivity index (χ4n) is 3.20. The third-order valence-corrected chi connectivity index (χ3v) is 6.80. The van der Waals surface area contributed by atoms with Gasteiger partial charge in [0.15, 0.2) is 11.5 Å². The zero-order chi connectivity index (χ0) is 21.7. The fraction of sp³-hybridized carbons (Fsp3) is 0.381. The first-order chi connectivity index (χ1) is 14.3. The normalized spacial score (nSPS) is 14.9. The van der Waals surface area contributed by atoms with Gasteiger partial charge in [0.25, 0.3) is 0 Å². The number of carbonyl (C=O) groups excluding carboxylic acids is 1. The summed E-state index contributed by atoms with van der Waals surface area (Å²) < 4.78 is 42.9. The van der Waals surface area contributed by atoms with Gasteiger partial charge in [0.05, 0.1) is 38.7 Å². The van der Waals surface area contributed by atoms with Gasteiger partial charge in [-0.1, -0.05) is 12.1 Å². The lowest BCUT2D eigenvalue weighted by Gasteiger charge is -2.26. The molecule has 0 radical (unpaired) electrons. The molecule has 3 rings (SSSR count). The number of ether oxygens (including phenoxy) is 3. The summed E-state index contributed by atoms with van der Waals surface area (Å²) >= 11 is 0. The van der Waals surface area contributed by atoms with Crippen LogP contribution in [0.25, 0.3) is 0 Å². The van der Waals surface area contributed by atoms with Crippen LogP contribution in [0.15, 0.2) is 41.3 Å². The minimum absolute atomic E-state index is 0.111. The van der Waals surface area contributed by atoms with E-state index in [1.165, 1.54) is 17.5 Å². The lowest BCUT2D eigenvalue weighted by atomic mass is 10.1. The van der Waals surface area contributed by atoms with Crippen LogP contribution < -0.4 is 14.8 Å². The quantitative estimate of drug-likeness (QED) is 0.718. The Labute approximate surface area is 176 Å². The summed E-state index contributed by atoms with van der Waals surface area (Å²) in [4.78, 5) is 12.7. The van der Waals surface area contributed by atoms with Gasteiger partial charge in [-0.3, -0.25) is 4.79 Å². The van der Waals surface area contributed by atoms with Gasteiger partial charge in [-0.15, -0.1) is 0 Å². The highest BCUT2D eigenvalue weighted by Crippen LogP contribution is 2.28. The number of anilines is 1. The Morgan fingerprint density at radius 2 is 1.77 bits per heavy atom. The summed E-state index contributed by atoms with van der Waals surface area (Å²) in [6.45, 7) is 3.20. The lowest BCUT2D eigenvalue weighted by Crippen LogP contribution is -2.40. The van der Waals surface area contributed by atoms with Crippen molar-refractivity contribution in [2.24, 2.45) is 0 Å². The van der Waals surface area contributed by atoms with Crippen molar-refractivity contribution < 1.29 is 27.4 Å². The summed E-state index contributed by atoms with van der Waals surface area (Å²) in [6.07, 6.45) is 0.111. The van der Waals surface area contributed by atoms with E-state index in [9.17, 15) is 13.2 Å². The number of morpholine rings is 1. The van der Waals surface area contributed by atoms with Crippen molar-refractivity contribution in [2.75, 3.05) is 45.8 Å². The predicted octanol–water partition coefficient (Wildman–Crippen LogP) is 2.21. The number of methoxy groups -OCH3 is 2. The number of hydrogen-bond donors (Lipinski definition) is 1. The van der Waals surface area contributed by atoms with Gasteiger partial charge in [0, 0.05) is 18.8 Å². The van der Waals surface area contributed by atoms with Gasteiger partial charge in [0.1, 0.15) is 0 Å². The third kappa shape index (κ3) is 4.92. The molecule has 0 atom stereocenters. The van der Waals surface area contributed by atoms with E-state index < -0.39 is 10.0 Å². The van der Waals surface area contributed by atoms with Crippen LogP contribution in [-0.2, 0) is 26.0 Å². The lowest BCUT2D eigenvalue weighted by molar-refractivity contribution is -0.115. The van der Waals surface area contributed by atoms with Crippen molar-refractivity contribution >= 4 is 21.6 Å². The van der Waals surface area contributed by atoms with Gasteiger partial charge in [-0.2, -0.15) is 4.31 Å². The topological polar surface area (TPSA) is 94.2 Å². The first-order valence-corrected chi connectivity index (χ1v) is 11.0. The van der Waals surface area contributed by atoms with Crippen LogP contribution in [0.5, 0.6) is 11.5 Å². The Bertz CT molecular complexity index is 1020. The number of hydrogen-bond acceptors (Lipinski definition) is 6. The molecule has 2 aromatic carbocycles. The Balaban J connectivity index is 1.76. The molecular weight excluding hydrogens is 408 g/mol. The summed E-state index contributed by atoms with van der Waals surface area (Å²) in [5.41, 5.74) is 1.99. The van der Waals surface area contributed by atoms with Crippen LogP contribution in [0.3, 0.4) is 0 Å². The number of nitrogens with one attached hydrogen (secondary N) is 1. The molecule has 2 aromatic rings. The van der Waals surface area contributed by atoms with E-state index >= 15 is 0 Å². The van der Waals surface area contributed by atoms with Crippen LogP contribution in [-0.4, -0.2) is 59.2 Å². The largest absolute Gasteiger partial charge is 0.493 e. The smallest absolute Gasteiger partial charge is 0.243 e. The number of benzene rings is 2. The van der Waals surface area contributed by atoms with E-state index in [1.807, 2.05) is 6.92 Å². The zero-order valence-electron chi connectivity index (χ0n) is 17.3. The highest BCUT2D eigenvalue weighted by atomic mass is 32.2. The summed E-state index contributed by atoms with van der Waals surface area (Å²) in [5, 5.41) is 2.82. The van der Waals surface area contributed by atoms with Gasteiger partial charge in [-0.05, 0) is 42.3 Å². The molecule has 1 fully saturated rings. The van der Waals surface area contributed by atoms with Crippen molar-refractivity contribution in [3.8, 4) is 11.5 Å². The van der Waals surface area contributed by atoms with Gasteiger partial charge >= 0.3 is 0 Å². The third-order valence-electron chi connectivity index (χ3n) is 4.90. The molecule has 0 saturated carbocycles. The maximum absolute atomic E-state index is 12.9. The number of aryl methyl sites for hydroxylation is 1. The first kappa shape index (κ1) is 22.1. The minimum Gasteiger partial charge on any atom is -0.493 e.